The van der Waals surface area contributed by atoms with Gasteiger partial charge in [0.05, 0.1) is 22.4 Å². The highest BCUT2D eigenvalue weighted by molar-refractivity contribution is 7.07. The molecule has 1 atom stereocenters. The minimum atomic E-state index is -0.952. The summed E-state index contributed by atoms with van der Waals surface area (Å²) < 4.78 is 21.8. The van der Waals surface area contributed by atoms with Gasteiger partial charge < -0.3 is 4.74 Å². The first-order chi connectivity index (χ1) is 15.5. The van der Waals surface area contributed by atoms with Gasteiger partial charge in [-0.05, 0) is 31.6 Å². The summed E-state index contributed by atoms with van der Waals surface area (Å²) in [5, 5.41) is 0. The fourth-order valence-corrected chi connectivity index (χ4v) is 4.61. The van der Waals surface area contributed by atoms with Crippen LogP contribution >= 0.6 is 11.3 Å². The number of carbonyl (C=O) groups excluding carboxylic acids is 1. The Balaban J connectivity index is 1.88. The van der Waals surface area contributed by atoms with Crippen LogP contribution in [0.2, 0.25) is 0 Å². The zero-order valence-electron chi connectivity index (χ0n) is 17.6. The van der Waals surface area contributed by atoms with Crippen molar-refractivity contribution in [3.8, 4) is 0 Å². The molecule has 0 amide bonds. The third kappa shape index (κ3) is 4.11. The lowest BCUT2D eigenvalue weighted by Crippen LogP contribution is -2.40. The van der Waals surface area contributed by atoms with Gasteiger partial charge in [0.25, 0.3) is 5.56 Å². The van der Waals surface area contributed by atoms with E-state index in [9.17, 15) is 14.0 Å². The molecule has 1 aromatic heterocycles. The molecule has 0 saturated heterocycles. The van der Waals surface area contributed by atoms with Gasteiger partial charge in [0.2, 0.25) is 0 Å². The minimum Gasteiger partial charge on any atom is -0.463 e. The molecular formula is C25H21FN2O3S. The molecule has 0 radical (unpaired) electrons. The zero-order chi connectivity index (χ0) is 22.7. The maximum atomic E-state index is 14.8. The third-order valence-electron chi connectivity index (χ3n) is 5.05. The fourth-order valence-electron chi connectivity index (χ4n) is 3.61. The van der Waals surface area contributed by atoms with E-state index in [-0.39, 0.29) is 23.3 Å². The van der Waals surface area contributed by atoms with Crippen LogP contribution in [0.3, 0.4) is 0 Å². The first-order valence-corrected chi connectivity index (χ1v) is 11.0. The van der Waals surface area contributed by atoms with Crippen LogP contribution in [0.25, 0.3) is 12.2 Å². The van der Waals surface area contributed by atoms with E-state index in [1.807, 2.05) is 36.4 Å². The number of fused-ring (bicyclic) bond motifs is 1. The standard InChI is InChI=1S/C25H21FN2O3S/c1-3-31-24(30)21-16(2)27-25-28(22(21)18-13-7-8-14-19(18)26)23(29)20(32-25)15-9-12-17-10-5-4-6-11-17/h4-15,22H,3H2,1-2H3/b12-9+,20-15-. The molecular weight excluding hydrogens is 427 g/mol. The first-order valence-electron chi connectivity index (χ1n) is 10.2. The van der Waals surface area contributed by atoms with Crippen molar-refractivity contribution in [3.63, 3.8) is 0 Å². The maximum Gasteiger partial charge on any atom is 0.338 e. The van der Waals surface area contributed by atoms with E-state index in [2.05, 4.69) is 4.99 Å². The summed E-state index contributed by atoms with van der Waals surface area (Å²) in [6.45, 7) is 3.53. The number of hydrogen-bond donors (Lipinski definition) is 0. The second kappa shape index (κ2) is 9.28. The van der Waals surface area contributed by atoms with Crippen molar-refractivity contribution in [2.45, 2.75) is 19.9 Å². The first kappa shape index (κ1) is 21.6. The summed E-state index contributed by atoms with van der Waals surface area (Å²) in [4.78, 5) is 31.0. The highest BCUT2D eigenvalue weighted by Gasteiger charge is 2.34. The number of halogens is 1. The van der Waals surface area contributed by atoms with Crippen molar-refractivity contribution in [2.75, 3.05) is 6.61 Å². The summed E-state index contributed by atoms with van der Waals surface area (Å²) >= 11 is 1.20. The van der Waals surface area contributed by atoms with Crippen molar-refractivity contribution in [2.24, 2.45) is 4.99 Å². The van der Waals surface area contributed by atoms with Crippen LogP contribution in [0, 0.1) is 5.82 Å². The molecule has 32 heavy (non-hydrogen) atoms. The van der Waals surface area contributed by atoms with Crippen molar-refractivity contribution in [1.29, 1.82) is 0 Å². The molecule has 0 saturated carbocycles. The number of benzene rings is 2. The van der Waals surface area contributed by atoms with Gasteiger partial charge in [0, 0.05) is 5.56 Å². The smallest absolute Gasteiger partial charge is 0.338 e. The number of allylic oxidation sites excluding steroid dienone is 2. The predicted molar refractivity (Wildman–Crippen MR) is 123 cm³/mol. The Morgan fingerprint density at radius 1 is 1.19 bits per heavy atom. The highest BCUT2D eigenvalue weighted by Crippen LogP contribution is 2.31. The lowest BCUT2D eigenvalue weighted by Gasteiger charge is -2.24. The van der Waals surface area contributed by atoms with Crippen LogP contribution in [0.1, 0.15) is 31.0 Å². The summed E-state index contributed by atoms with van der Waals surface area (Å²) in [5.41, 5.74) is 1.45. The Hall–Kier alpha value is -3.58. The number of rotatable bonds is 5. The fraction of sp³-hybridized carbons (Fsp3) is 0.160. The van der Waals surface area contributed by atoms with Gasteiger partial charge in [0.15, 0.2) is 4.80 Å². The number of ether oxygens (including phenoxy) is 1. The topological polar surface area (TPSA) is 60.7 Å². The number of carbonyl (C=O) groups is 1. The van der Waals surface area contributed by atoms with E-state index in [1.165, 1.54) is 22.0 Å². The van der Waals surface area contributed by atoms with E-state index >= 15 is 0 Å². The van der Waals surface area contributed by atoms with Crippen molar-refractivity contribution < 1.29 is 13.9 Å². The van der Waals surface area contributed by atoms with Gasteiger partial charge >= 0.3 is 5.97 Å². The van der Waals surface area contributed by atoms with Crippen molar-refractivity contribution in [1.82, 2.24) is 4.57 Å². The molecule has 0 spiro atoms. The van der Waals surface area contributed by atoms with Crippen molar-refractivity contribution >= 4 is 29.5 Å². The quantitative estimate of drug-likeness (QED) is 0.561. The average molecular weight is 449 g/mol. The highest BCUT2D eigenvalue weighted by atomic mass is 32.1. The van der Waals surface area contributed by atoms with Gasteiger partial charge in [-0.2, -0.15) is 0 Å². The number of nitrogens with zero attached hydrogens (tertiary/aromatic N) is 2. The Labute approximate surface area is 188 Å². The molecule has 2 aromatic carbocycles. The normalized spacial score (nSPS) is 16.2. The summed E-state index contributed by atoms with van der Waals surface area (Å²) in [5.74, 6) is -1.12. The number of esters is 1. The molecule has 5 nitrogen and oxygen atoms in total. The minimum absolute atomic E-state index is 0.161. The molecule has 0 aliphatic carbocycles. The summed E-state index contributed by atoms with van der Waals surface area (Å²) in [6, 6.07) is 14.9. The second-order valence-corrected chi connectivity index (χ2v) is 8.13. The van der Waals surface area contributed by atoms with Crippen LogP contribution in [-0.4, -0.2) is 17.1 Å². The molecule has 162 valence electrons. The van der Waals surface area contributed by atoms with Gasteiger partial charge in [-0.3, -0.25) is 9.36 Å². The van der Waals surface area contributed by atoms with Gasteiger partial charge in [0.1, 0.15) is 11.9 Å². The lowest BCUT2D eigenvalue weighted by molar-refractivity contribution is -0.139. The van der Waals surface area contributed by atoms with E-state index in [1.54, 1.807) is 44.2 Å². The molecule has 1 aliphatic heterocycles. The van der Waals surface area contributed by atoms with E-state index < -0.39 is 17.8 Å². The average Bonchev–Trinajstić information content (AvgIpc) is 3.09. The molecule has 4 rings (SSSR count). The Morgan fingerprint density at radius 2 is 1.91 bits per heavy atom. The lowest BCUT2D eigenvalue weighted by atomic mass is 9.95. The molecule has 3 aromatic rings. The molecule has 1 unspecified atom stereocenters. The second-order valence-electron chi connectivity index (χ2n) is 7.12. The molecule has 2 heterocycles. The maximum absolute atomic E-state index is 14.8. The zero-order valence-corrected chi connectivity index (χ0v) is 18.4. The van der Waals surface area contributed by atoms with Crippen molar-refractivity contribution in [3.05, 3.63) is 109 Å². The van der Waals surface area contributed by atoms with Gasteiger partial charge in [-0.1, -0.05) is 72.0 Å². The van der Waals surface area contributed by atoms with Crippen LogP contribution in [-0.2, 0) is 9.53 Å². The number of aromatic nitrogens is 1. The third-order valence-corrected chi connectivity index (χ3v) is 6.05. The Bertz CT molecular complexity index is 1400. The predicted octanol–water partition coefficient (Wildman–Crippen LogP) is 3.60. The molecule has 0 N–H and O–H groups in total. The Kier molecular flexibility index (Phi) is 6.28. The molecule has 1 aliphatic rings. The molecule has 0 bridgehead atoms. The Morgan fingerprint density at radius 3 is 2.62 bits per heavy atom. The van der Waals surface area contributed by atoms with E-state index in [4.69, 9.17) is 4.74 Å². The van der Waals surface area contributed by atoms with E-state index in [0.717, 1.165) is 5.56 Å². The summed E-state index contributed by atoms with van der Waals surface area (Å²) in [7, 11) is 0. The SMILES string of the molecule is CCOC(=O)C1=C(C)N=c2s/c(=C\C=C\c3ccccc3)c(=O)n2C1c1ccccc1F. The number of thiazole rings is 1. The van der Waals surface area contributed by atoms with Crippen LogP contribution in [0.4, 0.5) is 4.39 Å². The number of hydrogen-bond acceptors (Lipinski definition) is 5. The van der Waals surface area contributed by atoms with Gasteiger partial charge in [-0.25, -0.2) is 14.2 Å². The van der Waals surface area contributed by atoms with Crippen LogP contribution in [0.5, 0.6) is 0 Å². The van der Waals surface area contributed by atoms with Gasteiger partial charge in [-0.15, -0.1) is 0 Å². The molecule has 0 fully saturated rings. The van der Waals surface area contributed by atoms with E-state index in [0.29, 0.717) is 15.0 Å². The van der Waals surface area contributed by atoms with Crippen LogP contribution in [0.15, 0.2) is 81.7 Å². The monoisotopic (exact) mass is 448 g/mol. The molecule has 7 heteroatoms. The van der Waals surface area contributed by atoms with Crippen LogP contribution < -0.4 is 14.9 Å². The largest absolute Gasteiger partial charge is 0.463 e. The summed E-state index contributed by atoms with van der Waals surface area (Å²) in [6.07, 6.45) is 5.39.